The minimum absolute atomic E-state index is 0.0331. The summed E-state index contributed by atoms with van der Waals surface area (Å²) in [6.07, 6.45) is 4.12. The van der Waals surface area contributed by atoms with Crippen LogP contribution in [-0.2, 0) is 35.3 Å². The number of fused-ring (bicyclic) bond motifs is 3. The van der Waals surface area contributed by atoms with Gasteiger partial charge in [-0.25, -0.2) is 4.68 Å². The number of benzene rings is 3. The molecule has 0 unspecified atom stereocenters. The highest BCUT2D eigenvalue weighted by molar-refractivity contribution is 9.11. The van der Waals surface area contributed by atoms with E-state index in [1.165, 1.54) is 4.90 Å². The molecule has 0 radical (unpaired) electrons. The summed E-state index contributed by atoms with van der Waals surface area (Å²) >= 11 is 3.62. The number of carbonyl (C=O) groups is 4. The topological polar surface area (TPSA) is 156 Å². The minimum Gasteiger partial charge on any atom is -0.455 e. The summed E-state index contributed by atoms with van der Waals surface area (Å²) in [6.45, 7) is 1.34. The Morgan fingerprint density at radius 2 is 1.67 bits per heavy atom. The number of likely N-dealkylation sites (tertiary alicyclic amines) is 1. The van der Waals surface area contributed by atoms with Crippen LogP contribution < -0.4 is 5.32 Å². The highest BCUT2D eigenvalue weighted by atomic mass is 79.9. The molecule has 3 aromatic carbocycles. The standard InChI is InChI=1S/C40H39BrN6O7/c1-24-34(26-15-7-3-8-16-26)53-39(52)32-33-37(50)47(30(22-48)25-13-5-2-6-14-25)36(40(33)21-27(41)35(32)54-40)38(51)45(20-12-4-9-19-31(49)42-24)23-46-29-18-11-10-17-28(29)43-44-46/h2-8,10-18,21,24,30,32-36,48H,9,19-20,22-23H2,1H3,(H,42,49)/b12-4-/t24-,30+,32+,33-,34+,35+,36+,40-/m0/s1. The second-order valence-corrected chi connectivity index (χ2v) is 15.0. The summed E-state index contributed by atoms with van der Waals surface area (Å²) in [4.78, 5) is 61.1. The zero-order valence-electron chi connectivity index (χ0n) is 29.4. The van der Waals surface area contributed by atoms with Crippen LogP contribution in [0.15, 0.2) is 108 Å². The summed E-state index contributed by atoms with van der Waals surface area (Å²) in [7, 11) is 0. The van der Waals surface area contributed by atoms with Gasteiger partial charge in [0.2, 0.25) is 11.8 Å². The van der Waals surface area contributed by atoms with Crippen molar-refractivity contribution in [3.63, 3.8) is 0 Å². The lowest BCUT2D eigenvalue weighted by Gasteiger charge is -2.38. The van der Waals surface area contributed by atoms with Crippen molar-refractivity contribution in [2.45, 2.75) is 62.4 Å². The number of para-hydroxylation sites is 1. The molecule has 2 fully saturated rings. The zero-order valence-corrected chi connectivity index (χ0v) is 31.0. The van der Waals surface area contributed by atoms with Crippen molar-refractivity contribution >= 4 is 50.7 Å². The van der Waals surface area contributed by atoms with Crippen molar-refractivity contribution in [2.24, 2.45) is 11.8 Å². The maximum Gasteiger partial charge on any atom is 0.313 e. The van der Waals surface area contributed by atoms with Gasteiger partial charge in [0.05, 0.1) is 30.1 Å². The van der Waals surface area contributed by atoms with Crippen molar-refractivity contribution in [3.05, 3.63) is 119 Å². The van der Waals surface area contributed by atoms with E-state index in [0.29, 0.717) is 33.1 Å². The van der Waals surface area contributed by atoms with E-state index in [2.05, 4.69) is 31.6 Å². The number of aromatic nitrogens is 3. The Bertz CT molecular complexity index is 2140. The van der Waals surface area contributed by atoms with Gasteiger partial charge in [-0.2, -0.15) is 0 Å². The molecule has 3 amide bonds. The molecular formula is C40H39BrN6O7. The second kappa shape index (κ2) is 14.6. The largest absolute Gasteiger partial charge is 0.455 e. The van der Waals surface area contributed by atoms with Crippen molar-refractivity contribution < 1.29 is 33.8 Å². The molecule has 2 N–H and O–H groups in total. The molecule has 0 aliphatic carbocycles. The Morgan fingerprint density at radius 1 is 0.944 bits per heavy atom. The normalized spacial score (nSPS) is 29.9. The monoisotopic (exact) mass is 794 g/mol. The van der Waals surface area contributed by atoms with Gasteiger partial charge in [0.15, 0.2) is 0 Å². The summed E-state index contributed by atoms with van der Waals surface area (Å²) < 4.78 is 15.1. The first-order chi connectivity index (χ1) is 26.2. The fraction of sp³-hybridized carbons (Fsp3) is 0.350. The number of allylic oxidation sites excluding steroid dienone is 1. The second-order valence-electron chi connectivity index (χ2n) is 14.1. The first-order valence-corrected chi connectivity index (χ1v) is 18.8. The quantitative estimate of drug-likeness (QED) is 0.218. The van der Waals surface area contributed by atoms with E-state index in [1.807, 2.05) is 72.8 Å². The van der Waals surface area contributed by atoms with Crippen LogP contribution in [0.25, 0.3) is 11.0 Å². The van der Waals surface area contributed by atoms with Gasteiger partial charge in [-0.1, -0.05) is 106 Å². The number of aliphatic hydroxyl groups excluding tert-OH is 1. The molecule has 1 spiro atoms. The maximum atomic E-state index is 15.4. The number of halogens is 1. The third-order valence-electron chi connectivity index (χ3n) is 10.8. The van der Waals surface area contributed by atoms with Gasteiger partial charge in [-0.15, -0.1) is 5.10 Å². The smallest absolute Gasteiger partial charge is 0.313 e. The summed E-state index contributed by atoms with van der Waals surface area (Å²) in [5.41, 5.74) is 1.03. The number of hydrogen-bond acceptors (Lipinski definition) is 9. The van der Waals surface area contributed by atoms with Crippen molar-refractivity contribution in [1.29, 1.82) is 0 Å². The van der Waals surface area contributed by atoms with E-state index in [-0.39, 0.29) is 25.5 Å². The molecule has 0 saturated carbocycles. The fourth-order valence-electron chi connectivity index (χ4n) is 8.39. The molecule has 13 nitrogen and oxygen atoms in total. The Labute approximate surface area is 319 Å². The third-order valence-corrected chi connectivity index (χ3v) is 11.5. The number of cyclic esters (lactones) is 1. The van der Waals surface area contributed by atoms with E-state index >= 15 is 9.59 Å². The van der Waals surface area contributed by atoms with Crippen molar-refractivity contribution in [1.82, 2.24) is 30.1 Å². The number of hydrogen-bond donors (Lipinski definition) is 2. The number of nitrogens with one attached hydrogen (secondary N) is 1. The van der Waals surface area contributed by atoms with E-state index in [4.69, 9.17) is 9.47 Å². The maximum absolute atomic E-state index is 15.4. The van der Waals surface area contributed by atoms with Crippen molar-refractivity contribution in [3.8, 4) is 0 Å². The summed E-state index contributed by atoms with van der Waals surface area (Å²) in [6, 6.07) is 22.6. The molecule has 4 aromatic rings. The van der Waals surface area contributed by atoms with E-state index in [0.717, 1.165) is 0 Å². The molecule has 54 heavy (non-hydrogen) atoms. The van der Waals surface area contributed by atoms with Crippen LogP contribution >= 0.6 is 15.9 Å². The lowest BCUT2D eigenvalue weighted by Crippen LogP contribution is -2.57. The van der Waals surface area contributed by atoms with Crippen LogP contribution in [0.5, 0.6) is 0 Å². The van der Waals surface area contributed by atoms with Gasteiger partial charge >= 0.3 is 5.97 Å². The number of nitrogens with zero attached hydrogens (tertiary/aromatic N) is 5. The van der Waals surface area contributed by atoms with Crippen LogP contribution in [0.1, 0.15) is 43.0 Å². The zero-order chi connectivity index (χ0) is 37.6. The van der Waals surface area contributed by atoms with Gasteiger partial charge in [-0.05, 0) is 42.7 Å². The minimum atomic E-state index is -1.59. The molecule has 2 saturated heterocycles. The number of aliphatic hydroxyl groups is 1. The summed E-state index contributed by atoms with van der Waals surface area (Å²) in [5, 5.41) is 22.6. The molecule has 5 bridgehead atoms. The van der Waals surface area contributed by atoms with E-state index in [9.17, 15) is 14.7 Å². The third kappa shape index (κ3) is 6.11. The number of esters is 1. The van der Waals surface area contributed by atoms with Gasteiger partial charge in [-0.3, -0.25) is 19.2 Å². The Hall–Kier alpha value is -5.18. The molecule has 278 valence electrons. The molecule has 14 heteroatoms. The predicted octanol–water partition coefficient (Wildman–Crippen LogP) is 3.96. The molecule has 1 aromatic heterocycles. The lowest BCUT2D eigenvalue weighted by atomic mass is 9.74. The first kappa shape index (κ1) is 35.8. The average molecular weight is 796 g/mol. The van der Waals surface area contributed by atoms with Crippen LogP contribution in [-0.4, -0.2) is 90.5 Å². The van der Waals surface area contributed by atoms with Gasteiger partial charge in [0, 0.05) is 17.4 Å². The Morgan fingerprint density at radius 3 is 2.43 bits per heavy atom. The van der Waals surface area contributed by atoms with Gasteiger partial charge in [0.1, 0.15) is 42.0 Å². The first-order valence-electron chi connectivity index (χ1n) is 18.0. The lowest BCUT2D eigenvalue weighted by molar-refractivity contribution is -0.162. The number of amides is 3. The average Bonchev–Trinajstić information content (AvgIpc) is 3.91. The van der Waals surface area contributed by atoms with E-state index in [1.54, 1.807) is 46.8 Å². The van der Waals surface area contributed by atoms with Crippen LogP contribution in [0.2, 0.25) is 0 Å². The molecule has 4 aliphatic rings. The van der Waals surface area contributed by atoms with Gasteiger partial charge in [0.25, 0.3) is 5.91 Å². The molecular weight excluding hydrogens is 756 g/mol. The predicted molar refractivity (Wildman–Crippen MR) is 199 cm³/mol. The SMILES string of the molecule is C[C@@H]1NC(=O)CC/C=C\CN(Cn2nnc3ccccc32)C(=O)[C@H]2N([C@H](CO)c3ccccc3)C(=O)[C@@H]3[C@@H](C(=O)O[C@H]1c1ccccc1)[C@@H]1O[C@@]32C=C1Br. The number of ether oxygens (including phenoxy) is 2. The Kier molecular flexibility index (Phi) is 9.67. The van der Waals surface area contributed by atoms with Crippen LogP contribution in [0.3, 0.4) is 0 Å². The van der Waals surface area contributed by atoms with Crippen LogP contribution in [0, 0.1) is 11.8 Å². The fourth-order valence-corrected chi connectivity index (χ4v) is 9.12. The number of carbonyl (C=O) groups excluding carboxylic acids is 4. The molecule has 8 atom stereocenters. The summed E-state index contributed by atoms with van der Waals surface area (Å²) in [5.74, 6) is -4.24. The van der Waals surface area contributed by atoms with E-state index < -0.39 is 72.2 Å². The van der Waals surface area contributed by atoms with Crippen molar-refractivity contribution in [2.75, 3.05) is 13.2 Å². The molecule has 8 rings (SSSR count). The Balaban J connectivity index is 1.26. The molecule has 5 heterocycles. The van der Waals surface area contributed by atoms with Gasteiger partial charge < -0.3 is 29.7 Å². The highest BCUT2D eigenvalue weighted by Gasteiger charge is 2.75. The highest BCUT2D eigenvalue weighted by Crippen LogP contribution is 2.60. The molecule has 4 aliphatic heterocycles. The van der Waals surface area contributed by atoms with Crippen LogP contribution in [0.4, 0.5) is 0 Å². The number of rotatable bonds is 6.